The van der Waals surface area contributed by atoms with Crippen LogP contribution >= 0.6 is 0 Å². The average Bonchev–Trinajstić information content (AvgIpc) is 3.10. The highest BCUT2D eigenvalue weighted by atomic mass is 19.1. The van der Waals surface area contributed by atoms with E-state index in [0.29, 0.717) is 0 Å². The van der Waals surface area contributed by atoms with Crippen molar-refractivity contribution in [3.63, 3.8) is 0 Å². The van der Waals surface area contributed by atoms with Crippen LogP contribution in [-0.2, 0) is 7.05 Å². The van der Waals surface area contributed by atoms with Gasteiger partial charge in [0, 0.05) is 36.8 Å². The van der Waals surface area contributed by atoms with Crippen molar-refractivity contribution in [1.82, 2.24) is 24.4 Å². The van der Waals surface area contributed by atoms with Gasteiger partial charge in [-0.05, 0) is 36.8 Å². The second-order valence-electron chi connectivity index (χ2n) is 5.53. The van der Waals surface area contributed by atoms with Crippen LogP contribution in [0.15, 0.2) is 49.1 Å². The maximum atomic E-state index is 13.2. The zero-order chi connectivity index (χ0) is 16.0. The van der Waals surface area contributed by atoms with E-state index in [9.17, 15) is 4.39 Å². The Balaban J connectivity index is 2.04. The molecule has 0 aliphatic heterocycles. The smallest absolute Gasteiger partial charge is 0.163 e. The van der Waals surface area contributed by atoms with Crippen LogP contribution in [0.3, 0.4) is 0 Å². The molecule has 0 aliphatic carbocycles. The van der Waals surface area contributed by atoms with Crippen LogP contribution in [0, 0.1) is 12.7 Å². The van der Waals surface area contributed by atoms with E-state index in [1.54, 1.807) is 27.5 Å². The minimum atomic E-state index is -0.269. The summed E-state index contributed by atoms with van der Waals surface area (Å²) in [4.78, 5) is 4.52. The molecule has 0 spiro atoms. The maximum absolute atomic E-state index is 13.2. The summed E-state index contributed by atoms with van der Waals surface area (Å²) in [5.41, 5.74) is 5.19. The summed E-state index contributed by atoms with van der Waals surface area (Å²) in [5, 5.41) is 8.89. The van der Waals surface area contributed by atoms with Gasteiger partial charge in [0.05, 0.1) is 11.8 Å². The molecule has 4 aromatic rings. The van der Waals surface area contributed by atoms with Crippen LogP contribution in [-0.4, -0.2) is 24.4 Å². The first-order valence-electron chi connectivity index (χ1n) is 7.22. The van der Waals surface area contributed by atoms with E-state index in [0.717, 1.165) is 33.6 Å². The highest BCUT2D eigenvalue weighted by molar-refractivity contribution is 5.89. The summed E-state index contributed by atoms with van der Waals surface area (Å²) in [6, 6.07) is 6.32. The predicted molar refractivity (Wildman–Crippen MR) is 85.3 cm³/mol. The van der Waals surface area contributed by atoms with E-state index < -0.39 is 0 Å². The molecule has 1 aromatic carbocycles. The Morgan fingerprint density at radius 3 is 2.48 bits per heavy atom. The molecule has 0 radical (unpaired) electrons. The third-order valence-electron chi connectivity index (χ3n) is 3.71. The molecule has 6 heteroatoms. The van der Waals surface area contributed by atoms with E-state index in [-0.39, 0.29) is 5.82 Å². The number of rotatable bonds is 2. The quantitative estimate of drug-likeness (QED) is 0.571. The zero-order valence-electron chi connectivity index (χ0n) is 12.7. The molecular weight excluding hydrogens is 293 g/mol. The SMILES string of the molecule is Cc1cnc2c(-c3cnn(C)c3)c(-c3ccc(F)cc3)nn2c1. The molecule has 0 N–H and O–H groups in total. The number of aryl methyl sites for hydroxylation is 2. The fourth-order valence-corrected chi connectivity index (χ4v) is 2.65. The number of nitrogens with zero attached hydrogens (tertiary/aromatic N) is 5. The number of aromatic nitrogens is 5. The third kappa shape index (κ3) is 2.28. The molecule has 0 saturated carbocycles. The number of halogens is 1. The van der Waals surface area contributed by atoms with Gasteiger partial charge in [-0.3, -0.25) is 4.68 Å². The second-order valence-corrected chi connectivity index (χ2v) is 5.53. The Morgan fingerprint density at radius 2 is 1.78 bits per heavy atom. The number of hydrogen-bond donors (Lipinski definition) is 0. The standard InChI is InChI=1S/C17H14FN5/c1-11-7-19-17-15(13-8-20-22(2)10-13)16(21-23(17)9-11)12-3-5-14(18)6-4-12/h3-10H,1-2H3. The lowest BCUT2D eigenvalue weighted by Crippen LogP contribution is -1.91. The Morgan fingerprint density at radius 1 is 1.00 bits per heavy atom. The Labute approximate surface area is 132 Å². The van der Waals surface area contributed by atoms with E-state index in [4.69, 9.17) is 0 Å². The maximum Gasteiger partial charge on any atom is 0.163 e. The van der Waals surface area contributed by atoms with Crippen molar-refractivity contribution in [2.45, 2.75) is 6.92 Å². The van der Waals surface area contributed by atoms with Crippen LogP contribution in [0.2, 0.25) is 0 Å². The molecule has 0 unspecified atom stereocenters. The van der Waals surface area contributed by atoms with Gasteiger partial charge >= 0.3 is 0 Å². The van der Waals surface area contributed by atoms with Crippen LogP contribution < -0.4 is 0 Å². The van der Waals surface area contributed by atoms with Gasteiger partial charge in [-0.1, -0.05) is 0 Å². The van der Waals surface area contributed by atoms with Gasteiger partial charge in [-0.25, -0.2) is 13.9 Å². The van der Waals surface area contributed by atoms with Crippen molar-refractivity contribution < 1.29 is 4.39 Å². The van der Waals surface area contributed by atoms with E-state index in [2.05, 4.69) is 15.2 Å². The Hall–Kier alpha value is -3.02. The largest absolute Gasteiger partial charge is 0.275 e. The van der Waals surface area contributed by atoms with E-state index >= 15 is 0 Å². The van der Waals surface area contributed by atoms with Crippen molar-refractivity contribution in [3.05, 3.63) is 60.4 Å². The molecule has 114 valence electrons. The average molecular weight is 307 g/mol. The first-order valence-corrected chi connectivity index (χ1v) is 7.22. The molecule has 3 heterocycles. The number of fused-ring (bicyclic) bond motifs is 1. The minimum Gasteiger partial charge on any atom is -0.275 e. The first kappa shape index (κ1) is 13.6. The monoisotopic (exact) mass is 307 g/mol. The lowest BCUT2D eigenvalue weighted by Gasteiger charge is -2.00. The van der Waals surface area contributed by atoms with Crippen molar-refractivity contribution in [2.75, 3.05) is 0 Å². The molecule has 0 atom stereocenters. The summed E-state index contributed by atoms with van der Waals surface area (Å²) in [6.45, 7) is 1.97. The third-order valence-corrected chi connectivity index (χ3v) is 3.71. The number of benzene rings is 1. The highest BCUT2D eigenvalue weighted by Gasteiger charge is 2.18. The van der Waals surface area contributed by atoms with Gasteiger partial charge in [-0.2, -0.15) is 10.2 Å². The molecule has 0 amide bonds. The second kappa shape index (κ2) is 5.01. The Kier molecular flexibility index (Phi) is 2.97. The van der Waals surface area contributed by atoms with Crippen LogP contribution in [0.1, 0.15) is 5.56 Å². The molecule has 0 fully saturated rings. The van der Waals surface area contributed by atoms with Gasteiger partial charge < -0.3 is 0 Å². The summed E-state index contributed by atoms with van der Waals surface area (Å²) >= 11 is 0. The van der Waals surface area contributed by atoms with Gasteiger partial charge in [0.2, 0.25) is 0 Å². The topological polar surface area (TPSA) is 48.0 Å². The van der Waals surface area contributed by atoms with E-state index in [1.165, 1.54) is 12.1 Å². The summed E-state index contributed by atoms with van der Waals surface area (Å²) in [5.74, 6) is -0.269. The van der Waals surface area contributed by atoms with Gasteiger partial charge in [-0.15, -0.1) is 0 Å². The van der Waals surface area contributed by atoms with Crippen LogP contribution in [0.4, 0.5) is 4.39 Å². The fraction of sp³-hybridized carbons (Fsp3) is 0.118. The molecule has 0 bridgehead atoms. The molecule has 0 saturated heterocycles. The first-order chi connectivity index (χ1) is 11.1. The van der Waals surface area contributed by atoms with Gasteiger partial charge in [0.1, 0.15) is 11.5 Å². The Bertz CT molecular complexity index is 998. The highest BCUT2D eigenvalue weighted by Crippen LogP contribution is 2.34. The minimum absolute atomic E-state index is 0.269. The van der Waals surface area contributed by atoms with E-state index in [1.807, 2.05) is 32.6 Å². The van der Waals surface area contributed by atoms with Gasteiger partial charge in [0.15, 0.2) is 5.65 Å². The van der Waals surface area contributed by atoms with Crippen LogP contribution in [0.25, 0.3) is 28.0 Å². The van der Waals surface area contributed by atoms with Gasteiger partial charge in [0.25, 0.3) is 0 Å². The molecule has 23 heavy (non-hydrogen) atoms. The number of hydrogen-bond acceptors (Lipinski definition) is 3. The summed E-state index contributed by atoms with van der Waals surface area (Å²) in [7, 11) is 1.87. The summed E-state index contributed by atoms with van der Waals surface area (Å²) in [6.07, 6.45) is 7.44. The molecular formula is C17H14FN5. The molecule has 5 nitrogen and oxygen atoms in total. The van der Waals surface area contributed by atoms with Crippen molar-refractivity contribution in [3.8, 4) is 22.4 Å². The van der Waals surface area contributed by atoms with Crippen molar-refractivity contribution >= 4 is 5.65 Å². The van der Waals surface area contributed by atoms with Crippen molar-refractivity contribution in [1.29, 1.82) is 0 Å². The summed E-state index contributed by atoms with van der Waals surface area (Å²) < 4.78 is 16.7. The molecule has 4 rings (SSSR count). The lowest BCUT2D eigenvalue weighted by atomic mass is 10.0. The van der Waals surface area contributed by atoms with Crippen molar-refractivity contribution in [2.24, 2.45) is 7.05 Å². The predicted octanol–water partition coefficient (Wildman–Crippen LogP) is 3.24. The zero-order valence-corrected chi connectivity index (χ0v) is 12.7. The molecule has 3 aromatic heterocycles. The normalized spacial score (nSPS) is 11.3. The fourth-order valence-electron chi connectivity index (χ4n) is 2.65. The van der Waals surface area contributed by atoms with Crippen LogP contribution in [0.5, 0.6) is 0 Å². The molecule has 0 aliphatic rings. The lowest BCUT2D eigenvalue weighted by molar-refractivity contribution is 0.628.